The monoisotopic (exact) mass is 235 g/mol. The van der Waals surface area contributed by atoms with Crippen molar-refractivity contribution in [2.24, 2.45) is 0 Å². The van der Waals surface area contributed by atoms with E-state index >= 15 is 0 Å². The van der Waals surface area contributed by atoms with Crippen molar-refractivity contribution in [3.8, 4) is 11.3 Å². The van der Waals surface area contributed by atoms with E-state index in [1.807, 2.05) is 48.5 Å². The lowest BCUT2D eigenvalue weighted by atomic mass is 10.2. The highest BCUT2D eigenvalue weighted by atomic mass is 15.5. The van der Waals surface area contributed by atoms with E-state index in [2.05, 4.69) is 22.3 Å². The third-order valence-corrected chi connectivity index (χ3v) is 2.77. The van der Waals surface area contributed by atoms with Gasteiger partial charge in [0.15, 0.2) is 0 Å². The summed E-state index contributed by atoms with van der Waals surface area (Å²) in [7, 11) is 0. The minimum absolute atomic E-state index is 0.702. The normalized spacial score (nSPS) is 10.4. The molecule has 0 saturated heterocycles. The molecule has 0 N–H and O–H groups in total. The highest BCUT2D eigenvalue weighted by Crippen LogP contribution is 2.14. The number of hydrogen-bond donors (Lipinski definition) is 0. The van der Waals surface area contributed by atoms with Gasteiger partial charge in [0, 0.05) is 5.56 Å². The van der Waals surface area contributed by atoms with E-state index in [0.717, 1.165) is 11.3 Å². The van der Waals surface area contributed by atoms with Crippen molar-refractivity contribution in [3.05, 3.63) is 72.4 Å². The molecule has 88 valence electrons. The van der Waals surface area contributed by atoms with Crippen molar-refractivity contribution in [3.63, 3.8) is 0 Å². The molecule has 2 aromatic carbocycles. The second-order valence-corrected chi connectivity index (χ2v) is 4.11. The van der Waals surface area contributed by atoms with Gasteiger partial charge in [-0.3, -0.25) is 0 Å². The van der Waals surface area contributed by atoms with Crippen LogP contribution >= 0.6 is 0 Å². The van der Waals surface area contributed by atoms with Crippen LogP contribution in [0.15, 0.2) is 66.9 Å². The summed E-state index contributed by atoms with van der Waals surface area (Å²) in [6, 6.07) is 20.3. The molecule has 0 aliphatic rings. The van der Waals surface area contributed by atoms with Gasteiger partial charge < -0.3 is 0 Å². The Bertz CT molecular complexity index is 615. The maximum atomic E-state index is 4.48. The van der Waals surface area contributed by atoms with Gasteiger partial charge in [0.2, 0.25) is 0 Å². The van der Waals surface area contributed by atoms with Gasteiger partial charge in [-0.05, 0) is 5.56 Å². The molecule has 0 unspecified atom stereocenters. The molecule has 1 aromatic heterocycles. The third kappa shape index (κ3) is 2.30. The Hall–Kier alpha value is -2.42. The van der Waals surface area contributed by atoms with Crippen molar-refractivity contribution in [2.45, 2.75) is 6.54 Å². The predicted molar refractivity (Wildman–Crippen MR) is 71.0 cm³/mol. The second-order valence-electron chi connectivity index (χ2n) is 4.11. The van der Waals surface area contributed by atoms with Crippen molar-refractivity contribution in [1.82, 2.24) is 15.0 Å². The first-order valence-electron chi connectivity index (χ1n) is 5.91. The molecule has 0 atom stereocenters. The molecular formula is C15H13N3. The molecule has 0 amide bonds. The standard InChI is InChI=1S/C15H13N3/c1-3-7-13(8-4-1)12-18-16-11-15(17-18)14-9-5-2-6-10-14/h1-11H,12H2. The number of aromatic nitrogens is 3. The number of hydrogen-bond acceptors (Lipinski definition) is 2. The summed E-state index contributed by atoms with van der Waals surface area (Å²) in [5.74, 6) is 0. The quantitative estimate of drug-likeness (QED) is 0.698. The van der Waals surface area contributed by atoms with Crippen LogP contribution in [0.2, 0.25) is 0 Å². The third-order valence-electron chi connectivity index (χ3n) is 2.77. The van der Waals surface area contributed by atoms with Gasteiger partial charge in [-0.15, -0.1) is 0 Å². The molecule has 18 heavy (non-hydrogen) atoms. The van der Waals surface area contributed by atoms with Crippen molar-refractivity contribution in [1.29, 1.82) is 0 Å². The fraction of sp³-hybridized carbons (Fsp3) is 0.0667. The number of benzene rings is 2. The Balaban J connectivity index is 1.82. The minimum Gasteiger partial charge on any atom is -0.180 e. The van der Waals surface area contributed by atoms with E-state index in [9.17, 15) is 0 Å². The van der Waals surface area contributed by atoms with Gasteiger partial charge in [0.25, 0.3) is 0 Å². The molecule has 0 spiro atoms. The average molecular weight is 235 g/mol. The summed E-state index contributed by atoms with van der Waals surface area (Å²) in [6.07, 6.45) is 1.80. The lowest BCUT2D eigenvalue weighted by Crippen LogP contribution is -2.03. The second kappa shape index (κ2) is 4.84. The molecule has 3 heteroatoms. The Labute approximate surface area is 106 Å². The molecule has 3 rings (SSSR count). The Morgan fingerprint density at radius 1 is 0.833 bits per heavy atom. The van der Waals surface area contributed by atoms with Crippen LogP contribution in [0.4, 0.5) is 0 Å². The largest absolute Gasteiger partial charge is 0.180 e. The fourth-order valence-corrected chi connectivity index (χ4v) is 1.86. The first kappa shape index (κ1) is 10.7. The predicted octanol–water partition coefficient (Wildman–Crippen LogP) is 2.99. The Morgan fingerprint density at radius 2 is 1.50 bits per heavy atom. The van der Waals surface area contributed by atoms with Crippen LogP contribution in [0.3, 0.4) is 0 Å². The molecule has 0 saturated carbocycles. The first-order chi connectivity index (χ1) is 8.92. The highest BCUT2D eigenvalue weighted by molar-refractivity contribution is 5.56. The van der Waals surface area contributed by atoms with Crippen LogP contribution in [0, 0.1) is 0 Å². The van der Waals surface area contributed by atoms with Crippen LogP contribution in [-0.2, 0) is 6.54 Å². The number of rotatable bonds is 3. The SMILES string of the molecule is c1ccc(Cn2ncc(-c3ccccc3)n2)cc1. The van der Waals surface area contributed by atoms with Crippen molar-refractivity contribution in [2.75, 3.05) is 0 Å². The Kier molecular flexibility index (Phi) is 2.88. The summed E-state index contributed by atoms with van der Waals surface area (Å²) >= 11 is 0. The Morgan fingerprint density at radius 3 is 2.22 bits per heavy atom. The summed E-state index contributed by atoms with van der Waals surface area (Å²) in [5.41, 5.74) is 3.20. The fourth-order valence-electron chi connectivity index (χ4n) is 1.86. The zero-order valence-corrected chi connectivity index (χ0v) is 9.90. The molecule has 0 aliphatic heterocycles. The molecule has 0 radical (unpaired) electrons. The maximum Gasteiger partial charge on any atom is 0.113 e. The lowest BCUT2D eigenvalue weighted by Gasteiger charge is -1.99. The summed E-state index contributed by atoms with van der Waals surface area (Å²) in [5, 5.41) is 8.77. The van der Waals surface area contributed by atoms with Gasteiger partial charge in [-0.2, -0.15) is 15.0 Å². The highest BCUT2D eigenvalue weighted by Gasteiger charge is 2.03. The molecule has 0 fully saturated rings. The number of nitrogens with zero attached hydrogens (tertiary/aromatic N) is 3. The van der Waals surface area contributed by atoms with Crippen molar-refractivity contribution >= 4 is 0 Å². The molecule has 0 aliphatic carbocycles. The topological polar surface area (TPSA) is 30.7 Å². The van der Waals surface area contributed by atoms with Crippen LogP contribution < -0.4 is 0 Å². The molecule has 3 aromatic rings. The van der Waals surface area contributed by atoms with E-state index < -0.39 is 0 Å². The summed E-state index contributed by atoms with van der Waals surface area (Å²) < 4.78 is 0. The zero-order chi connectivity index (χ0) is 12.2. The lowest BCUT2D eigenvalue weighted by molar-refractivity contribution is 0.592. The van der Waals surface area contributed by atoms with E-state index in [1.165, 1.54) is 5.56 Å². The van der Waals surface area contributed by atoms with Gasteiger partial charge >= 0.3 is 0 Å². The molecule has 1 heterocycles. The van der Waals surface area contributed by atoms with E-state index in [1.54, 1.807) is 11.0 Å². The van der Waals surface area contributed by atoms with Gasteiger partial charge in [-0.25, -0.2) is 0 Å². The van der Waals surface area contributed by atoms with Gasteiger partial charge in [0.1, 0.15) is 5.69 Å². The van der Waals surface area contributed by atoms with E-state index in [4.69, 9.17) is 0 Å². The molecular weight excluding hydrogens is 222 g/mol. The van der Waals surface area contributed by atoms with Crippen molar-refractivity contribution < 1.29 is 0 Å². The van der Waals surface area contributed by atoms with E-state index in [0.29, 0.717) is 6.54 Å². The van der Waals surface area contributed by atoms with Gasteiger partial charge in [-0.1, -0.05) is 60.7 Å². The zero-order valence-electron chi connectivity index (χ0n) is 9.90. The van der Waals surface area contributed by atoms with Crippen LogP contribution in [0.25, 0.3) is 11.3 Å². The maximum absolute atomic E-state index is 4.48. The molecule has 3 nitrogen and oxygen atoms in total. The smallest absolute Gasteiger partial charge is 0.113 e. The van der Waals surface area contributed by atoms with Crippen LogP contribution in [0.5, 0.6) is 0 Å². The van der Waals surface area contributed by atoms with Crippen LogP contribution in [-0.4, -0.2) is 15.0 Å². The minimum atomic E-state index is 0.702. The molecule has 0 bridgehead atoms. The average Bonchev–Trinajstić information content (AvgIpc) is 2.89. The van der Waals surface area contributed by atoms with E-state index in [-0.39, 0.29) is 0 Å². The first-order valence-corrected chi connectivity index (χ1v) is 5.91. The summed E-state index contributed by atoms with van der Waals surface area (Å²) in [4.78, 5) is 1.72. The summed E-state index contributed by atoms with van der Waals surface area (Å²) in [6.45, 7) is 0.702. The van der Waals surface area contributed by atoms with Gasteiger partial charge in [0.05, 0.1) is 12.7 Å². The van der Waals surface area contributed by atoms with Crippen LogP contribution in [0.1, 0.15) is 5.56 Å².